The van der Waals surface area contributed by atoms with Crippen LogP contribution in [-0.2, 0) is 6.42 Å². The van der Waals surface area contributed by atoms with Crippen molar-refractivity contribution in [3.8, 4) is 0 Å². The van der Waals surface area contributed by atoms with Crippen molar-refractivity contribution in [2.75, 3.05) is 13.1 Å². The van der Waals surface area contributed by atoms with Crippen LogP contribution in [0.3, 0.4) is 0 Å². The third-order valence-corrected chi connectivity index (χ3v) is 1.86. The van der Waals surface area contributed by atoms with E-state index in [1.165, 1.54) is 12.0 Å². The first-order valence-corrected chi connectivity index (χ1v) is 4.88. The molecule has 13 heavy (non-hydrogen) atoms. The molecule has 3 heteroatoms. The number of aryl methyl sites for hydroxylation is 1. The van der Waals surface area contributed by atoms with Gasteiger partial charge in [-0.15, -0.1) is 0 Å². The van der Waals surface area contributed by atoms with Crippen molar-refractivity contribution in [3.63, 3.8) is 0 Å². The first kappa shape index (κ1) is 10.1. The minimum absolute atomic E-state index is 1.07. The molecule has 1 heterocycles. The van der Waals surface area contributed by atoms with Gasteiger partial charge < -0.3 is 5.32 Å². The van der Waals surface area contributed by atoms with Gasteiger partial charge in [0.05, 0.1) is 0 Å². The van der Waals surface area contributed by atoms with Gasteiger partial charge in [0, 0.05) is 12.4 Å². The molecule has 0 radical (unpaired) electrons. The van der Waals surface area contributed by atoms with Crippen LogP contribution in [0.25, 0.3) is 0 Å². The predicted molar refractivity (Wildman–Crippen MR) is 53.5 cm³/mol. The summed E-state index contributed by atoms with van der Waals surface area (Å²) < 4.78 is 0. The van der Waals surface area contributed by atoms with E-state index >= 15 is 0 Å². The Morgan fingerprint density at radius 3 is 2.69 bits per heavy atom. The highest BCUT2D eigenvalue weighted by Gasteiger charge is 1.92. The Kier molecular flexibility index (Phi) is 5.10. The molecular weight excluding hydrogens is 162 g/mol. The highest BCUT2D eigenvalue weighted by molar-refractivity contribution is 5.01. The van der Waals surface area contributed by atoms with Crippen molar-refractivity contribution >= 4 is 0 Å². The molecule has 72 valence electrons. The van der Waals surface area contributed by atoms with Crippen molar-refractivity contribution in [3.05, 3.63) is 24.3 Å². The summed E-state index contributed by atoms with van der Waals surface area (Å²) >= 11 is 0. The SMILES string of the molecule is CCCNCCCc1cncnc1. The summed E-state index contributed by atoms with van der Waals surface area (Å²) in [5.74, 6) is 0. The lowest BCUT2D eigenvalue weighted by Crippen LogP contribution is -2.16. The lowest BCUT2D eigenvalue weighted by atomic mass is 10.2. The second kappa shape index (κ2) is 6.54. The van der Waals surface area contributed by atoms with Crippen LogP contribution in [0.4, 0.5) is 0 Å². The second-order valence-corrected chi connectivity index (χ2v) is 3.10. The largest absolute Gasteiger partial charge is 0.317 e. The number of nitrogens with zero attached hydrogens (tertiary/aromatic N) is 2. The van der Waals surface area contributed by atoms with Gasteiger partial charge in [-0.05, 0) is 37.9 Å². The quantitative estimate of drug-likeness (QED) is 0.671. The van der Waals surface area contributed by atoms with E-state index in [-0.39, 0.29) is 0 Å². The van der Waals surface area contributed by atoms with Gasteiger partial charge >= 0.3 is 0 Å². The fourth-order valence-corrected chi connectivity index (χ4v) is 1.18. The Labute approximate surface area is 79.6 Å². The van der Waals surface area contributed by atoms with Crippen molar-refractivity contribution in [2.45, 2.75) is 26.2 Å². The van der Waals surface area contributed by atoms with Crippen LogP contribution < -0.4 is 5.32 Å². The molecule has 1 aromatic rings. The number of hydrogen-bond acceptors (Lipinski definition) is 3. The van der Waals surface area contributed by atoms with E-state index < -0.39 is 0 Å². The molecule has 0 aliphatic rings. The van der Waals surface area contributed by atoms with Crippen LogP contribution in [0.2, 0.25) is 0 Å². The van der Waals surface area contributed by atoms with E-state index in [1.54, 1.807) is 6.33 Å². The van der Waals surface area contributed by atoms with E-state index in [0.29, 0.717) is 0 Å². The zero-order valence-electron chi connectivity index (χ0n) is 8.16. The van der Waals surface area contributed by atoms with E-state index in [0.717, 1.165) is 25.9 Å². The lowest BCUT2D eigenvalue weighted by Gasteiger charge is -2.01. The van der Waals surface area contributed by atoms with E-state index in [4.69, 9.17) is 0 Å². The molecule has 0 amide bonds. The van der Waals surface area contributed by atoms with Gasteiger partial charge in [0.2, 0.25) is 0 Å². The van der Waals surface area contributed by atoms with Crippen LogP contribution in [0, 0.1) is 0 Å². The standard InChI is InChI=1S/C10H17N3/c1-2-5-11-6-3-4-10-7-12-9-13-8-10/h7-9,11H,2-6H2,1H3. The lowest BCUT2D eigenvalue weighted by molar-refractivity contribution is 0.639. The number of rotatable bonds is 6. The average Bonchev–Trinajstić information content (AvgIpc) is 2.19. The van der Waals surface area contributed by atoms with Gasteiger partial charge in [0.25, 0.3) is 0 Å². The predicted octanol–water partition coefficient (Wildman–Crippen LogP) is 1.41. The maximum Gasteiger partial charge on any atom is 0.115 e. The van der Waals surface area contributed by atoms with Gasteiger partial charge in [-0.3, -0.25) is 0 Å². The normalized spacial score (nSPS) is 10.2. The summed E-state index contributed by atoms with van der Waals surface area (Å²) in [6, 6.07) is 0. The fraction of sp³-hybridized carbons (Fsp3) is 0.600. The molecule has 1 N–H and O–H groups in total. The topological polar surface area (TPSA) is 37.8 Å². The summed E-state index contributed by atoms with van der Waals surface area (Å²) in [4.78, 5) is 7.94. The molecule has 3 nitrogen and oxygen atoms in total. The fourth-order valence-electron chi connectivity index (χ4n) is 1.18. The van der Waals surface area contributed by atoms with Crippen molar-refractivity contribution in [1.29, 1.82) is 0 Å². The summed E-state index contributed by atoms with van der Waals surface area (Å²) in [7, 11) is 0. The monoisotopic (exact) mass is 179 g/mol. The minimum atomic E-state index is 1.07. The molecule has 0 bridgehead atoms. The van der Waals surface area contributed by atoms with Gasteiger partial charge in [0.1, 0.15) is 6.33 Å². The third-order valence-electron chi connectivity index (χ3n) is 1.86. The van der Waals surface area contributed by atoms with E-state index in [2.05, 4.69) is 22.2 Å². The minimum Gasteiger partial charge on any atom is -0.317 e. The van der Waals surface area contributed by atoms with Gasteiger partial charge in [-0.2, -0.15) is 0 Å². The smallest absolute Gasteiger partial charge is 0.115 e. The number of nitrogens with one attached hydrogen (secondary N) is 1. The summed E-state index contributed by atoms with van der Waals surface area (Å²) in [6.45, 7) is 4.38. The molecule has 0 atom stereocenters. The summed E-state index contributed by atoms with van der Waals surface area (Å²) in [5, 5.41) is 3.36. The average molecular weight is 179 g/mol. The highest BCUT2D eigenvalue weighted by atomic mass is 14.8. The van der Waals surface area contributed by atoms with Gasteiger partial charge in [-0.1, -0.05) is 6.92 Å². The molecule has 1 rings (SSSR count). The summed E-state index contributed by atoms with van der Waals surface area (Å²) in [6.07, 6.45) is 8.76. The van der Waals surface area contributed by atoms with Crippen LogP contribution in [0.5, 0.6) is 0 Å². The molecule has 0 aliphatic heterocycles. The van der Waals surface area contributed by atoms with Gasteiger partial charge in [0.15, 0.2) is 0 Å². The molecule has 0 saturated carbocycles. The zero-order chi connectivity index (χ0) is 9.36. The molecule has 0 aromatic carbocycles. The molecular formula is C10H17N3. The molecule has 0 spiro atoms. The first-order chi connectivity index (χ1) is 6.43. The maximum absolute atomic E-state index is 3.97. The van der Waals surface area contributed by atoms with Crippen LogP contribution in [0.1, 0.15) is 25.3 Å². The van der Waals surface area contributed by atoms with Crippen LogP contribution in [-0.4, -0.2) is 23.1 Å². The Hall–Kier alpha value is -0.960. The summed E-state index contributed by atoms with van der Waals surface area (Å²) in [5.41, 5.74) is 1.22. The number of hydrogen-bond donors (Lipinski definition) is 1. The third kappa shape index (κ3) is 4.58. The molecule has 0 fully saturated rings. The van der Waals surface area contributed by atoms with Gasteiger partial charge in [-0.25, -0.2) is 9.97 Å². The first-order valence-electron chi connectivity index (χ1n) is 4.88. The Morgan fingerprint density at radius 1 is 1.23 bits per heavy atom. The Bertz CT molecular complexity index is 211. The molecule has 1 aromatic heterocycles. The van der Waals surface area contributed by atoms with Crippen molar-refractivity contribution in [2.24, 2.45) is 0 Å². The molecule has 0 saturated heterocycles. The zero-order valence-corrected chi connectivity index (χ0v) is 8.16. The molecule has 0 aliphatic carbocycles. The molecule has 0 unspecified atom stereocenters. The Morgan fingerprint density at radius 2 is 2.00 bits per heavy atom. The van der Waals surface area contributed by atoms with Crippen molar-refractivity contribution in [1.82, 2.24) is 15.3 Å². The van der Waals surface area contributed by atoms with Crippen LogP contribution in [0.15, 0.2) is 18.7 Å². The van der Waals surface area contributed by atoms with E-state index in [1.807, 2.05) is 12.4 Å². The second-order valence-electron chi connectivity index (χ2n) is 3.10. The van der Waals surface area contributed by atoms with E-state index in [9.17, 15) is 0 Å². The highest BCUT2D eigenvalue weighted by Crippen LogP contribution is 1.96. The Balaban J connectivity index is 2.07. The van der Waals surface area contributed by atoms with Crippen LogP contribution >= 0.6 is 0 Å². The maximum atomic E-state index is 3.97. The number of aromatic nitrogens is 2. The van der Waals surface area contributed by atoms with Crippen molar-refractivity contribution < 1.29 is 0 Å².